The fourth-order valence-corrected chi connectivity index (χ4v) is 2.91. The molecule has 0 aromatic heterocycles. The number of para-hydroxylation sites is 1. The molecule has 1 aromatic rings. The molecule has 0 bridgehead atoms. The second-order valence-corrected chi connectivity index (χ2v) is 6.13. The van der Waals surface area contributed by atoms with Crippen LogP contribution in [0.5, 0.6) is 11.5 Å². The SMILES string of the molecule is CCCNCc1cccc(OC)c1OC1CCC(C)CC1. The molecule has 1 fully saturated rings. The third kappa shape index (κ3) is 4.63. The van der Waals surface area contributed by atoms with Crippen LogP contribution in [0.4, 0.5) is 0 Å². The highest BCUT2D eigenvalue weighted by atomic mass is 16.5. The highest BCUT2D eigenvalue weighted by Gasteiger charge is 2.22. The minimum atomic E-state index is 0.336. The summed E-state index contributed by atoms with van der Waals surface area (Å²) in [7, 11) is 1.72. The Morgan fingerprint density at radius 1 is 1.19 bits per heavy atom. The van der Waals surface area contributed by atoms with Crippen molar-refractivity contribution in [1.29, 1.82) is 0 Å². The normalized spacial score (nSPS) is 22.0. The van der Waals surface area contributed by atoms with Crippen LogP contribution >= 0.6 is 0 Å². The van der Waals surface area contributed by atoms with E-state index in [0.29, 0.717) is 6.10 Å². The van der Waals surface area contributed by atoms with Gasteiger partial charge in [-0.3, -0.25) is 0 Å². The lowest BCUT2D eigenvalue weighted by molar-refractivity contribution is 0.130. The topological polar surface area (TPSA) is 30.5 Å². The van der Waals surface area contributed by atoms with Crippen LogP contribution in [-0.2, 0) is 6.54 Å². The molecule has 0 saturated heterocycles. The molecule has 1 aliphatic carbocycles. The minimum absolute atomic E-state index is 0.336. The summed E-state index contributed by atoms with van der Waals surface area (Å²) in [5.41, 5.74) is 1.20. The smallest absolute Gasteiger partial charge is 0.166 e. The van der Waals surface area contributed by atoms with Gasteiger partial charge in [0.15, 0.2) is 11.5 Å². The maximum atomic E-state index is 6.32. The van der Waals surface area contributed by atoms with Gasteiger partial charge in [0.1, 0.15) is 0 Å². The van der Waals surface area contributed by atoms with Crippen LogP contribution in [0.1, 0.15) is 51.5 Å². The Hall–Kier alpha value is -1.22. The van der Waals surface area contributed by atoms with Crippen molar-refractivity contribution in [3.63, 3.8) is 0 Å². The van der Waals surface area contributed by atoms with Gasteiger partial charge in [-0.2, -0.15) is 0 Å². The predicted molar refractivity (Wildman–Crippen MR) is 87.0 cm³/mol. The van der Waals surface area contributed by atoms with E-state index >= 15 is 0 Å². The lowest BCUT2D eigenvalue weighted by Crippen LogP contribution is -2.24. The molecule has 0 heterocycles. The van der Waals surface area contributed by atoms with E-state index in [2.05, 4.69) is 25.2 Å². The van der Waals surface area contributed by atoms with Crippen molar-refractivity contribution < 1.29 is 9.47 Å². The van der Waals surface area contributed by atoms with Gasteiger partial charge < -0.3 is 14.8 Å². The summed E-state index contributed by atoms with van der Waals surface area (Å²) in [5.74, 6) is 2.63. The average Bonchev–Trinajstić information content (AvgIpc) is 2.51. The lowest BCUT2D eigenvalue weighted by atomic mass is 9.89. The van der Waals surface area contributed by atoms with Crippen LogP contribution in [-0.4, -0.2) is 19.8 Å². The van der Waals surface area contributed by atoms with Gasteiger partial charge in [-0.05, 0) is 50.6 Å². The largest absolute Gasteiger partial charge is 0.493 e. The molecule has 1 aromatic carbocycles. The van der Waals surface area contributed by atoms with E-state index in [9.17, 15) is 0 Å². The number of ether oxygens (including phenoxy) is 2. The summed E-state index contributed by atoms with van der Waals surface area (Å²) in [4.78, 5) is 0. The van der Waals surface area contributed by atoms with Crippen molar-refractivity contribution in [3.8, 4) is 11.5 Å². The predicted octanol–water partition coefficient (Wildman–Crippen LogP) is 4.15. The van der Waals surface area contributed by atoms with Crippen molar-refractivity contribution in [2.24, 2.45) is 5.92 Å². The quantitative estimate of drug-likeness (QED) is 0.765. The van der Waals surface area contributed by atoms with Crippen LogP contribution < -0.4 is 14.8 Å². The van der Waals surface area contributed by atoms with Crippen molar-refractivity contribution >= 4 is 0 Å². The first-order valence-electron chi connectivity index (χ1n) is 8.27. The first-order chi connectivity index (χ1) is 10.2. The van der Waals surface area contributed by atoms with Crippen molar-refractivity contribution in [1.82, 2.24) is 5.32 Å². The number of hydrogen-bond donors (Lipinski definition) is 1. The van der Waals surface area contributed by atoms with Gasteiger partial charge >= 0.3 is 0 Å². The van der Waals surface area contributed by atoms with Gasteiger partial charge in [0.05, 0.1) is 13.2 Å². The summed E-state index contributed by atoms with van der Waals surface area (Å²) in [6.45, 7) is 6.37. The van der Waals surface area contributed by atoms with Crippen LogP contribution in [0.3, 0.4) is 0 Å². The first-order valence-corrected chi connectivity index (χ1v) is 8.27. The van der Waals surface area contributed by atoms with E-state index in [1.165, 1.54) is 18.4 Å². The first kappa shape index (κ1) is 16.2. The summed E-state index contributed by atoms with van der Waals surface area (Å²) < 4.78 is 11.8. The molecule has 21 heavy (non-hydrogen) atoms. The average molecular weight is 291 g/mol. The minimum Gasteiger partial charge on any atom is -0.493 e. The molecular weight excluding hydrogens is 262 g/mol. The maximum absolute atomic E-state index is 6.32. The van der Waals surface area contributed by atoms with Gasteiger partial charge in [-0.15, -0.1) is 0 Å². The van der Waals surface area contributed by atoms with Crippen LogP contribution in [0.15, 0.2) is 18.2 Å². The highest BCUT2D eigenvalue weighted by molar-refractivity contribution is 5.46. The summed E-state index contributed by atoms with van der Waals surface area (Å²) in [5, 5.41) is 3.45. The standard InChI is InChI=1S/C18H29NO2/c1-4-12-19-13-15-6-5-7-17(20-3)18(15)21-16-10-8-14(2)9-11-16/h5-7,14,16,19H,4,8-13H2,1-3H3. The van der Waals surface area contributed by atoms with Crippen LogP contribution in [0, 0.1) is 5.92 Å². The monoisotopic (exact) mass is 291 g/mol. The van der Waals surface area contributed by atoms with Crippen molar-refractivity contribution in [2.75, 3.05) is 13.7 Å². The molecule has 1 saturated carbocycles. The molecule has 118 valence electrons. The molecule has 3 heteroatoms. The highest BCUT2D eigenvalue weighted by Crippen LogP contribution is 2.35. The second kappa shape index (κ2) is 8.28. The second-order valence-electron chi connectivity index (χ2n) is 6.13. The number of rotatable bonds is 7. The zero-order valence-corrected chi connectivity index (χ0v) is 13.7. The van der Waals surface area contributed by atoms with Gasteiger partial charge in [-0.1, -0.05) is 26.0 Å². The van der Waals surface area contributed by atoms with E-state index < -0.39 is 0 Å². The zero-order chi connectivity index (χ0) is 15.1. The van der Waals surface area contributed by atoms with E-state index in [1.807, 2.05) is 12.1 Å². The molecule has 0 unspecified atom stereocenters. The fraction of sp³-hybridized carbons (Fsp3) is 0.667. The molecular formula is C18H29NO2. The third-order valence-corrected chi connectivity index (χ3v) is 4.27. The van der Waals surface area contributed by atoms with E-state index in [-0.39, 0.29) is 0 Å². The summed E-state index contributed by atoms with van der Waals surface area (Å²) in [6, 6.07) is 6.16. The van der Waals surface area contributed by atoms with Gasteiger partial charge in [0, 0.05) is 12.1 Å². The Morgan fingerprint density at radius 3 is 2.62 bits per heavy atom. The van der Waals surface area contributed by atoms with Crippen molar-refractivity contribution in [2.45, 2.75) is 58.6 Å². The summed E-state index contributed by atoms with van der Waals surface area (Å²) in [6.07, 6.45) is 6.32. The molecule has 0 atom stereocenters. The molecule has 1 aliphatic rings. The Balaban J connectivity index is 2.07. The van der Waals surface area contributed by atoms with Crippen molar-refractivity contribution in [3.05, 3.63) is 23.8 Å². The van der Waals surface area contributed by atoms with E-state index in [4.69, 9.17) is 9.47 Å². The molecule has 2 rings (SSSR count). The molecule has 0 spiro atoms. The Morgan fingerprint density at radius 2 is 1.95 bits per heavy atom. The van der Waals surface area contributed by atoms with Gasteiger partial charge in [-0.25, -0.2) is 0 Å². The zero-order valence-electron chi connectivity index (χ0n) is 13.7. The lowest BCUT2D eigenvalue weighted by Gasteiger charge is -2.28. The van der Waals surface area contributed by atoms with Gasteiger partial charge in [0.2, 0.25) is 0 Å². The number of nitrogens with one attached hydrogen (secondary N) is 1. The third-order valence-electron chi connectivity index (χ3n) is 4.27. The number of benzene rings is 1. The Bertz CT molecular complexity index is 425. The van der Waals surface area contributed by atoms with Crippen LogP contribution in [0.2, 0.25) is 0 Å². The van der Waals surface area contributed by atoms with Crippen LogP contribution in [0.25, 0.3) is 0 Å². The molecule has 1 N–H and O–H groups in total. The number of hydrogen-bond acceptors (Lipinski definition) is 3. The maximum Gasteiger partial charge on any atom is 0.166 e. The molecule has 3 nitrogen and oxygen atoms in total. The Labute approximate surface area is 129 Å². The van der Waals surface area contributed by atoms with Gasteiger partial charge in [0.25, 0.3) is 0 Å². The fourth-order valence-electron chi connectivity index (χ4n) is 2.91. The van der Waals surface area contributed by atoms with E-state index in [0.717, 1.165) is 49.8 Å². The van der Waals surface area contributed by atoms with E-state index in [1.54, 1.807) is 7.11 Å². The summed E-state index contributed by atoms with van der Waals surface area (Å²) >= 11 is 0. The molecule has 0 radical (unpaired) electrons. The molecule has 0 amide bonds. The number of methoxy groups -OCH3 is 1. The Kier molecular flexibility index (Phi) is 6.37. The molecule has 0 aliphatic heterocycles.